The molecule has 0 aliphatic carbocycles. The van der Waals surface area contributed by atoms with Crippen LogP contribution in [0.1, 0.15) is 18.9 Å². The Labute approximate surface area is 174 Å². The fraction of sp³-hybridized carbons (Fsp3) is 0.238. The molecule has 0 aromatic heterocycles. The van der Waals surface area contributed by atoms with Crippen molar-refractivity contribution in [2.45, 2.75) is 13.3 Å². The second-order valence-corrected chi connectivity index (χ2v) is 7.55. The van der Waals surface area contributed by atoms with Crippen LogP contribution in [0.5, 0.6) is 0 Å². The second kappa shape index (κ2) is 8.25. The molecule has 2 amide bonds. The Hall–Kier alpha value is -2.50. The molecule has 1 N–H and O–H groups in total. The zero-order chi connectivity index (χ0) is 20.4. The SMILES string of the molecule is CCCN1C(=O)C(Nc2ccc(N(C)C)cc2)=C(c2ccc(Cl)cc2Cl)C1=O. The maximum absolute atomic E-state index is 13.0. The summed E-state index contributed by atoms with van der Waals surface area (Å²) in [6.07, 6.45) is 0.671. The number of benzene rings is 2. The lowest BCUT2D eigenvalue weighted by molar-refractivity contribution is -0.136. The number of carbonyl (C=O) groups is 2. The van der Waals surface area contributed by atoms with E-state index in [2.05, 4.69) is 5.32 Å². The Morgan fingerprint density at radius 3 is 2.25 bits per heavy atom. The third-order valence-corrected chi connectivity index (χ3v) is 5.02. The molecule has 1 aliphatic heterocycles. The summed E-state index contributed by atoms with van der Waals surface area (Å²) in [5, 5.41) is 3.91. The summed E-state index contributed by atoms with van der Waals surface area (Å²) in [4.78, 5) is 29.2. The molecule has 2 aromatic carbocycles. The van der Waals surface area contributed by atoms with Crippen LogP contribution >= 0.6 is 23.2 Å². The molecule has 146 valence electrons. The molecule has 0 saturated heterocycles. The molecule has 7 heteroatoms. The van der Waals surface area contributed by atoms with Crippen LogP contribution in [0.4, 0.5) is 11.4 Å². The first-order valence-corrected chi connectivity index (χ1v) is 9.69. The Bertz CT molecular complexity index is 953. The van der Waals surface area contributed by atoms with Gasteiger partial charge in [0, 0.05) is 42.6 Å². The van der Waals surface area contributed by atoms with Gasteiger partial charge >= 0.3 is 0 Å². The molecule has 28 heavy (non-hydrogen) atoms. The predicted molar refractivity (Wildman–Crippen MR) is 115 cm³/mol. The number of amides is 2. The molecule has 2 aromatic rings. The Balaban J connectivity index is 2.06. The average Bonchev–Trinajstić information content (AvgIpc) is 2.87. The van der Waals surface area contributed by atoms with Crippen molar-refractivity contribution >= 4 is 52.0 Å². The van der Waals surface area contributed by atoms with Crippen molar-refractivity contribution in [3.05, 3.63) is 63.8 Å². The number of rotatable bonds is 6. The van der Waals surface area contributed by atoms with Gasteiger partial charge in [-0.15, -0.1) is 0 Å². The fourth-order valence-corrected chi connectivity index (χ4v) is 3.55. The highest BCUT2D eigenvalue weighted by molar-refractivity contribution is 6.41. The van der Waals surface area contributed by atoms with E-state index in [1.807, 2.05) is 50.2 Å². The van der Waals surface area contributed by atoms with Gasteiger partial charge < -0.3 is 10.2 Å². The monoisotopic (exact) mass is 417 g/mol. The third-order valence-electron chi connectivity index (χ3n) is 4.47. The van der Waals surface area contributed by atoms with Crippen molar-refractivity contribution in [3.63, 3.8) is 0 Å². The minimum Gasteiger partial charge on any atom is -0.378 e. The van der Waals surface area contributed by atoms with Crippen LogP contribution in [-0.2, 0) is 9.59 Å². The Morgan fingerprint density at radius 1 is 1.00 bits per heavy atom. The van der Waals surface area contributed by atoms with Crippen LogP contribution in [0.15, 0.2) is 48.2 Å². The Morgan fingerprint density at radius 2 is 1.68 bits per heavy atom. The van der Waals surface area contributed by atoms with E-state index in [4.69, 9.17) is 23.2 Å². The van der Waals surface area contributed by atoms with Gasteiger partial charge in [0.05, 0.1) is 10.6 Å². The molecule has 0 fully saturated rings. The number of carbonyl (C=O) groups excluding carboxylic acids is 2. The van der Waals surface area contributed by atoms with Crippen molar-refractivity contribution < 1.29 is 9.59 Å². The van der Waals surface area contributed by atoms with Crippen LogP contribution in [-0.4, -0.2) is 37.4 Å². The van der Waals surface area contributed by atoms with E-state index in [1.54, 1.807) is 18.2 Å². The maximum atomic E-state index is 13.0. The molecule has 0 spiro atoms. The molecule has 0 bridgehead atoms. The van der Waals surface area contributed by atoms with Crippen molar-refractivity contribution in [1.29, 1.82) is 0 Å². The van der Waals surface area contributed by atoms with Gasteiger partial charge in [0.25, 0.3) is 11.8 Å². The van der Waals surface area contributed by atoms with Crippen molar-refractivity contribution in [2.24, 2.45) is 0 Å². The number of anilines is 2. The number of nitrogens with one attached hydrogen (secondary N) is 1. The normalized spacial score (nSPS) is 14.1. The molecular weight excluding hydrogens is 397 g/mol. The largest absolute Gasteiger partial charge is 0.378 e. The number of imide groups is 1. The van der Waals surface area contributed by atoms with E-state index < -0.39 is 0 Å². The minimum absolute atomic E-state index is 0.222. The average molecular weight is 418 g/mol. The number of nitrogens with zero attached hydrogens (tertiary/aromatic N) is 2. The van der Waals surface area contributed by atoms with E-state index in [0.29, 0.717) is 34.3 Å². The van der Waals surface area contributed by atoms with Crippen LogP contribution in [0.25, 0.3) is 5.57 Å². The molecule has 0 saturated carbocycles. The lowest BCUT2D eigenvalue weighted by atomic mass is 10.0. The van der Waals surface area contributed by atoms with Gasteiger partial charge in [-0.05, 0) is 42.8 Å². The van der Waals surface area contributed by atoms with Crippen molar-refractivity contribution in [2.75, 3.05) is 30.9 Å². The van der Waals surface area contributed by atoms with Gasteiger partial charge in [0.15, 0.2) is 0 Å². The topological polar surface area (TPSA) is 52.7 Å². The lowest BCUT2D eigenvalue weighted by Gasteiger charge is -2.15. The minimum atomic E-state index is -0.358. The summed E-state index contributed by atoms with van der Waals surface area (Å²) in [7, 11) is 3.90. The summed E-state index contributed by atoms with van der Waals surface area (Å²) in [6, 6.07) is 12.5. The van der Waals surface area contributed by atoms with Crippen LogP contribution < -0.4 is 10.2 Å². The molecular formula is C21H21Cl2N3O2. The van der Waals surface area contributed by atoms with Gasteiger partial charge in [-0.2, -0.15) is 0 Å². The smallest absolute Gasteiger partial charge is 0.278 e. The Kier molecular flexibility index (Phi) is 5.96. The summed E-state index contributed by atoms with van der Waals surface area (Å²) in [6.45, 7) is 2.26. The standard InChI is InChI=1S/C21H21Cl2N3O2/c1-4-11-26-20(27)18(16-10-5-13(22)12-17(16)23)19(21(26)28)24-14-6-8-15(9-7-14)25(2)3/h5-10,12,24H,4,11H2,1-3H3. The second-order valence-electron chi connectivity index (χ2n) is 6.70. The van der Waals surface area contributed by atoms with E-state index in [9.17, 15) is 9.59 Å². The maximum Gasteiger partial charge on any atom is 0.278 e. The highest BCUT2D eigenvalue weighted by atomic mass is 35.5. The van der Waals surface area contributed by atoms with Crippen LogP contribution in [0, 0.1) is 0 Å². The first-order chi connectivity index (χ1) is 13.3. The van der Waals surface area contributed by atoms with E-state index in [1.165, 1.54) is 4.90 Å². The predicted octanol–water partition coefficient (Wildman–Crippen LogP) is 4.66. The number of hydrogen-bond acceptors (Lipinski definition) is 4. The highest BCUT2D eigenvalue weighted by Gasteiger charge is 2.39. The van der Waals surface area contributed by atoms with Crippen LogP contribution in [0.3, 0.4) is 0 Å². The van der Waals surface area contributed by atoms with Gasteiger partial charge in [-0.3, -0.25) is 14.5 Å². The van der Waals surface area contributed by atoms with E-state index in [-0.39, 0.29) is 23.1 Å². The quantitative estimate of drug-likeness (QED) is 0.694. The van der Waals surface area contributed by atoms with E-state index >= 15 is 0 Å². The summed E-state index contributed by atoms with van der Waals surface area (Å²) in [5.74, 6) is -0.715. The zero-order valence-corrected chi connectivity index (χ0v) is 17.4. The van der Waals surface area contributed by atoms with Crippen LogP contribution in [0.2, 0.25) is 10.0 Å². The first-order valence-electron chi connectivity index (χ1n) is 8.93. The van der Waals surface area contributed by atoms with Gasteiger partial charge in [-0.1, -0.05) is 36.2 Å². The number of halogens is 2. The summed E-state index contributed by atoms with van der Waals surface area (Å²) in [5.41, 5.74) is 2.71. The summed E-state index contributed by atoms with van der Waals surface area (Å²) < 4.78 is 0. The van der Waals surface area contributed by atoms with E-state index in [0.717, 1.165) is 5.69 Å². The molecule has 0 radical (unpaired) electrons. The first kappa shape index (κ1) is 20.2. The van der Waals surface area contributed by atoms with Gasteiger partial charge in [0.2, 0.25) is 0 Å². The molecule has 1 aliphatic rings. The molecule has 3 rings (SSSR count). The molecule has 0 unspecified atom stereocenters. The van der Waals surface area contributed by atoms with Gasteiger partial charge in [0.1, 0.15) is 5.70 Å². The summed E-state index contributed by atoms with van der Waals surface area (Å²) >= 11 is 12.3. The third kappa shape index (κ3) is 3.86. The molecule has 0 atom stereocenters. The van der Waals surface area contributed by atoms with Gasteiger partial charge in [-0.25, -0.2) is 0 Å². The zero-order valence-electron chi connectivity index (χ0n) is 15.9. The number of hydrogen-bond donors (Lipinski definition) is 1. The molecule has 1 heterocycles. The fourth-order valence-electron chi connectivity index (χ4n) is 3.05. The highest BCUT2D eigenvalue weighted by Crippen LogP contribution is 2.35. The molecule has 5 nitrogen and oxygen atoms in total. The van der Waals surface area contributed by atoms with Crippen molar-refractivity contribution in [1.82, 2.24) is 4.90 Å². The van der Waals surface area contributed by atoms with Crippen molar-refractivity contribution in [3.8, 4) is 0 Å². The lowest BCUT2D eigenvalue weighted by Crippen LogP contribution is -2.33.